The van der Waals surface area contributed by atoms with Gasteiger partial charge in [0.05, 0.1) is 12.5 Å². The first-order valence-electron chi connectivity index (χ1n) is 14.9. The number of rotatable bonds is 20. The molecular weight excluding hydrogens is 541 g/mol. The molecule has 1 atom stereocenters. The van der Waals surface area contributed by atoms with Crippen LogP contribution < -0.4 is 13.8 Å². The van der Waals surface area contributed by atoms with Gasteiger partial charge in [0.25, 0.3) is 0 Å². The third-order valence-electron chi connectivity index (χ3n) is 6.98. The van der Waals surface area contributed by atoms with E-state index in [0.29, 0.717) is 17.9 Å². The molecule has 40 heavy (non-hydrogen) atoms. The van der Waals surface area contributed by atoms with Crippen LogP contribution in [0.25, 0.3) is 0 Å². The molecule has 0 aliphatic carbocycles. The molecule has 0 radical (unpaired) electrons. The topological polar surface area (TPSA) is 68.2 Å². The highest BCUT2D eigenvalue weighted by Crippen LogP contribution is 2.45. The lowest BCUT2D eigenvalue weighted by Gasteiger charge is -2.17. The van der Waals surface area contributed by atoms with Crippen LogP contribution in [0.4, 0.5) is 0 Å². The molecule has 0 fully saturated rings. The number of phosphoric ester groups is 1. The van der Waals surface area contributed by atoms with Crippen LogP contribution in [0.1, 0.15) is 102 Å². The van der Waals surface area contributed by atoms with Crippen LogP contribution in [0, 0.1) is 6.92 Å². The van der Waals surface area contributed by atoms with Gasteiger partial charge in [-0.3, -0.25) is 4.89 Å². The Morgan fingerprint density at radius 3 is 2.00 bits per heavy atom. The molecule has 1 aliphatic rings. The highest BCUT2D eigenvalue weighted by Gasteiger charge is 2.26. The Morgan fingerprint density at radius 1 is 0.825 bits per heavy atom. The molecule has 0 saturated carbocycles. The van der Waals surface area contributed by atoms with Gasteiger partial charge in [-0.05, 0) is 66.6 Å². The largest absolute Gasteiger partial charge is 0.584 e. The van der Waals surface area contributed by atoms with Gasteiger partial charge in [0.2, 0.25) is 0 Å². The van der Waals surface area contributed by atoms with E-state index >= 15 is 0 Å². The molecule has 222 valence electrons. The molecule has 0 amide bonds. The van der Waals surface area contributed by atoms with Gasteiger partial charge in [-0.25, -0.2) is 4.57 Å². The van der Waals surface area contributed by atoms with Crippen molar-refractivity contribution in [3.63, 3.8) is 0 Å². The van der Waals surface area contributed by atoms with Crippen molar-refractivity contribution in [2.75, 3.05) is 12.5 Å². The zero-order chi connectivity index (χ0) is 28.6. The summed E-state index contributed by atoms with van der Waals surface area (Å²) in [6, 6.07) is 12.4. The van der Waals surface area contributed by atoms with E-state index in [1.165, 1.54) is 75.5 Å². The van der Waals surface area contributed by atoms with Gasteiger partial charge in [-0.1, -0.05) is 89.7 Å². The Labute approximate surface area is 246 Å². The fourth-order valence-electron chi connectivity index (χ4n) is 4.72. The van der Waals surface area contributed by atoms with Gasteiger partial charge in [-0.15, -0.1) is 11.8 Å². The summed E-state index contributed by atoms with van der Waals surface area (Å²) >= 11 is 1.82. The zero-order valence-electron chi connectivity index (χ0n) is 24.6. The molecule has 6 nitrogen and oxygen atoms in total. The number of phosphoric acid groups is 1. The Balaban J connectivity index is 1.31. The SMILES string of the molecule is CCCCCCCCCCCCCCOc1ccc(OP(=O)(O)Oc2ccc(CN3C=C(C)SC3)cc2)c(C)c1. The van der Waals surface area contributed by atoms with Crippen molar-refractivity contribution in [3.8, 4) is 17.2 Å². The van der Waals surface area contributed by atoms with Crippen molar-refractivity contribution in [1.29, 1.82) is 0 Å². The number of hydrogen-bond donors (Lipinski definition) is 1. The van der Waals surface area contributed by atoms with Crippen molar-refractivity contribution in [1.82, 2.24) is 4.90 Å². The Morgan fingerprint density at radius 2 is 1.43 bits per heavy atom. The van der Waals surface area contributed by atoms with Crippen molar-refractivity contribution in [3.05, 3.63) is 64.7 Å². The molecule has 3 rings (SSSR count). The monoisotopic (exact) mass is 589 g/mol. The van der Waals surface area contributed by atoms with Gasteiger partial charge in [-0.2, -0.15) is 0 Å². The smallest absolute Gasteiger partial charge is 0.494 e. The summed E-state index contributed by atoms with van der Waals surface area (Å²) in [5, 5.41) is 0. The Kier molecular flexibility index (Phi) is 14.3. The maximum absolute atomic E-state index is 12.7. The summed E-state index contributed by atoms with van der Waals surface area (Å²) in [5.74, 6) is 2.26. The minimum Gasteiger partial charge on any atom is -0.494 e. The van der Waals surface area contributed by atoms with E-state index in [-0.39, 0.29) is 5.75 Å². The molecule has 1 unspecified atom stereocenters. The normalized spacial score (nSPS) is 14.6. The van der Waals surface area contributed by atoms with Gasteiger partial charge >= 0.3 is 7.82 Å². The number of nitrogens with zero attached hydrogens (tertiary/aromatic N) is 1. The predicted octanol–water partition coefficient (Wildman–Crippen LogP) is 10.0. The van der Waals surface area contributed by atoms with Crippen molar-refractivity contribution >= 4 is 19.6 Å². The first-order valence-corrected chi connectivity index (χ1v) is 17.4. The average molecular weight is 590 g/mol. The van der Waals surface area contributed by atoms with Crippen LogP contribution in [0.2, 0.25) is 0 Å². The molecule has 1 N–H and O–H groups in total. The lowest BCUT2D eigenvalue weighted by atomic mass is 10.1. The number of benzene rings is 2. The summed E-state index contributed by atoms with van der Waals surface area (Å²) in [7, 11) is -4.35. The van der Waals surface area contributed by atoms with E-state index in [1.54, 1.807) is 24.3 Å². The number of ether oxygens (including phenoxy) is 1. The van der Waals surface area contributed by atoms with Crippen LogP contribution in [0.15, 0.2) is 53.6 Å². The van der Waals surface area contributed by atoms with E-state index in [0.717, 1.165) is 30.2 Å². The standard InChI is InChI=1S/C32H48NO5PS/c1-4-5-6-7-8-9-10-11-12-13-14-15-22-36-31-20-21-32(27(2)23-31)38-39(34,35)37-30-18-16-29(17-19-30)25-33-24-28(3)40-26-33/h16-21,23-24H,4-15,22,25-26H2,1-3H3,(H,34,35). The second-order valence-electron chi connectivity index (χ2n) is 10.7. The van der Waals surface area contributed by atoms with Crippen molar-refractivity contribution in [2.24, 2.45) is 0 Å². The quantitative estimate of drug-likeness (QED) is 0.122. The minimum atomic E-state index is -4.35. The van der Waals surface area contributed by atoms with Gasteiger partial charge in [0, 0.05) is 12.7 Å². The van der Waals surface area contributed by atoms with Gasteiger partial charge < -0.3 is 18.7 Å². The lowest BCUT2D eigenvalue weighted by Crippen LogP contribution is -2.12. The Bertz CT molecular complexity index is 1090. The molecule has 0 saturated heterocycles. The molecule has 1 heterocycles. The van der Waals surface area contributed by atoms with Crippen LogP contribution in [-0.4, -0.2) is 22.3 Å². The molecule has 8 heteroatoms. The maximum atomic E-state index is 12.7. The molecule has 2 aromatic carbocycles. The van der Waals surface area contributed by atoms with Crippen LogP contribution in [-0.2, 0) is 11.1 Å². The second-order valence-corrected chi connectivity index (χ2v) is 13.2. The van der Waals surface area contributed by atoms with E-state index in [9.17, 15) is 9.46 Å². The van der Waals surface area contributed by atoms with E-state index in [4.69, 9.17) is 13.8 Å². The molecule has 2 aromatic rings. The summed E-state index contributed by atoms with van der Waals surface area (Å²) in [6.07, 6.45) is 17.9. The van der Waals surface area contributed by atoms with E-state index in [1.807, 2.05) is 36.9 Å². The maximum Gasteiger partial charge on any atom is 0.584 e. The summed E-state index contributed by atoms with van der Waals surface area (Å²) < 4.78 is 29.2. The molecule has 0 bridgehead atoms. The number of unbranched alkanes of at least 4 members (excludes halogenated alkanes) is 11. The molecule has 0 aromatic heterocycles. The van der Waals surface area contributed by atoms with Crippen molar-refractivity contribution < 1.29 is 23.2 Å². The van der Waals surface area contributed by atoms with Gasteiger partial charge in [0.15, 0.2) is 0 Å². The average Bonchev–Trinajstić information content (AvgIpc) is 3.33. The highest BCUT2D eigenvalue weighted by atomic mass is 32.2. The van der Waals surface area contributed by atoms with Crippen LogP contribution >= 0.6 is 19.6 Å². The third-order valence-corrected chi connectivity index (χ3v) is 8.87. The number of hydrogen-bond acceptors (Lipinski definition) is 6. The predicted molar refractivity (Wildman–Crippen MR) is 167 cm³/mol. The Hall–Kier alpha value is -2.08. The summed E-state index contributed by atoms with van der Waals surface area (Å²) in [5.41, 5.74) is 1.81. The fourth-order valence-corrected chi connectivity index (χ4v) is 6.36. The fraction of sp³-hybridized carbons (Fsp3) is 0.562. The first kappa shape index (κ1) is 32.4. The van der Waals surface area contributed by atoms with Crippen LogP contribution in [0.5, 0.6) is 17.2 Å². The second kappa shape index (κ2) is 17.7. The highest BCUT2D eigenvalue weighted by molar-refractivity contribution is 8.03. The number of aryl methyl sites for hydroxylation is 1. The number of allylic oxidation sites excluding steroid dienone is 1. The third kappa shape index (κ3) is 12.6. The van der Waals surface area contributed by atoms with E-state index < -0.39 is 7.82 Å². The van der Waals surface area contributed by atoms with Gasteiger partial charge in [0.1, 0.15) is 17.2 Å². The first-order chi connectivity index (χ1) is 19.3. The van der Waals surface area contributed by atoms with Crippen molar-refractivity contribution in [2.45, 2.75) is 104 Å². The summed E-state index contributed by atoms with van der Waals surface area (Å²) in [6.45, 7) is 7.64. The summed E-state index contributed by atoms with van der Waals surface area (Å²) in [4.78, 5) is 13.9. The zero-order valence-corrected chi connectivity index (χ0v) is 26.3. The molecule has 1 aliphatic heterocycles. The molecular formula is C32H48NO5PS. The van der Waals surface area contributed by atoms with E-state index in [2.05, 4.69) is 24.9 Å². The molecule has 0 spiro atoms. The van der Waals surface area contributed by atoms with Crippen LogP contribution in [0.3, 0.4) is 0 Å². The minimum absolute atomic E-state index is 0.289. The lowest BCUT2D eigenvalue weighted by molar-refractivity contribution is 0.288. The number of thioether (sulfide) groups is 1.